The van der Waals surface area contributed by atoms with Crippen molar-refractivity contribution in [3.63, 3.8) is 0 Å². The van der Waals surface area contributed by atoms with Crippen LogP contribution >= 0.6 is 0 Å². The van der Waals surface area contributed by atoms with E-state index in [9.17, 15) is 18.8 Å². The molecule has 1 aromatic carbocycles. The Bertz CT molecular complexity index is 929. The molecule has 1 saturated carbocycles. The third-order valence-electron chi connectivity index (χ3n) is 6.77. The van der Waals surface area contributed by atoms with Crippen molar-refractivity contribution in [1.29, 1.82) is 0 Å². The molecule has 33 heavy (non-hydrogen) atoms. The van der Waals surface area contributed by atoms with Gasteiger partial charge < -0.3 is 20.3 Å². The molecule has 1 aliphatic carbocycles. The predicted octanol–water partition coefficient (Wildman–Crippen LogP) is 3.32. The Labute approximate surface area is 193 Å². The maximum absolute atomic E-state index is 14.9. The summed E-state index contributed by atoms with van der Waals surface area (Å²) in [5.74, 6) is -0.987. The summed E-state index contributed by atoms with van der Waals surface area (Å²) < 4.78 is 20.2. The molecule has 3 N–H and O–H groups in total. The van der Waals surface area contributed by atoms with E-state index in [1.165, 1.54) is 6.07 Å². The molecule has 2 saturated heterocycles. The molecule has 180 valence electrons. The number of amides is 3. The lowest BCUT2D eigenvalue weighted by molar-refractivity contribution is -0.133. The minimum absolute atomic E-state index is 0.140. The molecule has 4 rings (SSSR count). The van der Waals surface area contributed by atoms with Gasteiger partial charge in [-0.25, -0.2) is 9.18 Å². The number of carbonyl (C=O) groups excluding carboxylic acids is 3. The van der Waals surface area contributed by atoms with Gasteiger partial charge in [-0.15, -0.1) is 0 Å². The summed E-state index contributed by atoms with van der Waals surface area (Å²) in [6, 6.07) is 4.53. The second kappa shape index (κ2) is 8.83. The van der Waals surface area contributed by atoms with Crippen LogP contribution in [0.25, 0.3) is 0 Å². The highest BCUT2D eigenvalue weighted by Crippen LogP contribution is 2.49. The van der Waals surface area contributed by atoms with Gasteiger partial charge in [-0.3, -0.25) is 14.9 Å². The number of rotatable bonds is 4. The summed E-state index contributed by atoms with van der Waals surface area (Å²) in [7, 11) is 0. The van der Waals surface area contributed by atoms with Gasteiger partial charge in [-0.2, -0.15) is 0 Å². The number of alkyl carbamates (subject to hydrolysis) is 1. The zero-order valence-electron chi connectivity index (χ0n) is 19.5. The lowest BCUT2D eigenvalue weighted by Crippen LogP contribution is -2.55. The smallest absolute Gasteiger partial charge is 0.407 e. The fraction of sp³-hybridized carbons (Fsp3) is 0.625. The van der Waals surface area contributed by atoms with Gasteiger partial charge in [0.05, 0.1) is 5.69 Å². The summed E-state index contributed by atoms with van der Waals surface area (Å²) in [6.45, 7) is 7.06. The van der Waals surface area contributed by atoms with Crippen LogP contribution in [0.15, 0.2) is 18.2 Å². The Morgan fingerprint density at radius 2 is 1.91 bits per heavy atom. The highest BCUT2D eigenvalue weighted by molar-refractivity contribution is 6.01. The molecular formula is C24H33FN4O4. The number of benzene rings is 1. The maximum atomic E-state index is 14.9. The van der Waals surface area contributed by atoms with Crippen molar-refractivity contribution in [3.8, 4) is 0 Å². The third-order valence-corrected chi connectivity index (χ3v) is 6.77. The van der Waals surface area contributed by atoms with Gasteiger partial charge >= 0.3 is 6.09 Å². The normalized spacial score (nSPS) is 23.0. The van der Waals surface area contributed by atoms with E-state index in [-0.39, 0.29) is 41.6 Å². The van der Waals surface area contributed by atoms with Gasteiger partial charge in [0.1, 0.15) is 17.5 Å². The molecule has 0 bridgehead atoms. The molecule has 3 aliphatic rings. The average Bonchev–Trinajstić information content (AvgIpc) is 2.68. The largest absolute Gasteiger partial charge is 0.444 e. The Hall–Kier alpha value is -2.84. The summed E-state index contributed by atoms with van der Waals surface area (Å²) in [5, 5.41) is 8.27. The van der Waals surface area contributed by atoms with Crippen LogP contribution in [0.2, 0.25) is 0 Å². The molecule has 1 aromatic rings. The van der Waals surface area contributed by atoms with Crippen molar-refractivity contribution < 1.29 is 23.5 Å². The Morgan fingerprint density at radius 1 is 1.21 bits per heavy atom. The van der Waals surface area contributed by atoms with E-state index in [2.05, 4.69) is 20.9 Å². The molecule has 8 nitrogen and oxygen atoms in total. The monoisotopic (exact) mass is 460 g/mol. The number of ether oxygens (including phenoxy) is 1. The predicted molar refractivity (Wildman–Crippen MR) is 122 cm³/mol. The third kappa shape index (κ3) is 5.57. The maximum Gasteiger partial charge on any atom is 0.407 e. The topological polar surface area (TPSA) is 99.8 Å². The number of piperidine rings is 2. The number of carbonyl (C=O) groups is 3. The number of hydrogen-bond donors (Lipinski definition) is 3. The highest BCUT2D eigenvalue weighted by atomic mass is 19.1. The molecule has 9 heteroatoms. The Balaban J connectivity index is 1.27. The van der Waals surface area contributed by atoms with Crippen molar-refractivity contribution in [2.24, 2.45) is 5.41 Å². The molecule has 0 aromatic heterocycles. The lowest BCUT2D eigenvalue weighted by Gasteiger charge is -2.52. The number of nitrogens with one attached hydrogen (secondary N) is 3. The van der Waals surface area contributed by atoms with Gasteiger partial charge in [0, 0.05) is 31.2 Å². The van der Waals surface area contributed by atoms with Gasteiger partial charge in [-0.05, 0) is 76.5 Å². The van der Waals surface area contributed by atoms with Gasteiger partial charge in [-0.1, -0.05) is 0 Å². The van der Waals surface area contributed by atoms with Crippen molar-refractivity contribution in [2.45, 2.75) is 77.0 Å². The van der Waals surface area contributed by atoms with Crippen molar-refractivity contribution >= 4 is 29.3 Å². The van der Waals surface area contributed by atoms with E-state index in [1.807, 2.05) is 20.8 Å². The van der Waals surface area contributed by atoms with Crippen LogP contribution < -0.4 is 20.9 Å². The van der Waals surface area contributed by atoms with Crippen LogP contribution in [-0.2, 0) is 14.3 Å². The number of imide groups is 1. The molecule has 1 atom stereocenters. The molecule has 3 amide bonds. The van der Waals surface area contributed by atoms with E-state index in [0.29, 0.717) is 17.8 Å². The van der Waals surface area contributed by atoms with Gasteiger partial charge in [0.15, 0.2) is 0 Å². The molecule has 3 fully saturated rings. The van der Waals surface area contributed by atoms with Gasteiger partial charge in [0.2, 0.25) is 11.8 Å². The van der Waals surface area contributed by atoms with E-state index in [4.69, 9.17) is 4.74 Å². The first-order chi connectivity index (χ1) is 15.5. The van der Waals surface area contributed by atoms with E-state index in [0.717, 1.165) is 38.8 Å². The second-order valence-electron chi connectivity index (χ2n) is 10.6. The van der Waals surface area contributed by atoms with Crippen LogP contribution in [0.4, 0.5) is 20.6 Å². The van der Waals surface area contributed by atoms with Crippen LogP contribution in [0.1, 0.15) is 59.3 Å². The standard InChI is InChI=1S/C24H33FN4O4/c1-23(2,3)33-22(32)27-16-13-24(14-16)8-10-29(11-9-24)19-6-4-15(12-17(19)25)26-18-5-7-20(30)28-21(18)31/h4,6,12,16,18,26H,5,7-11,13-14H2,1-3H3,(H,27,32)(H,28,30,31). The van der Waals surface area contributed by atoms with Crippen molar-refractivity contribution in [1.82, 2.24) is 10.6 Å². The summed E-state index contributed by atoms with van der Waals surface area (Å²) in [6.07, 6.45) is 4.06. The van der Waals surface area contributed by atoms with E-state index < -0.39 is 11.6 Å². The van der Waals surface area contributed by atoms with Crippen molar-refractivity contribution in [3.05, 3.63) is 24.0 Å². The fourth-order valence-corrected chi connectivity index (χ4v) is 5.08. The number of anilines is 2. The van der Waals surface area contributed by atoms with Crippen LogP contribution in [0, 0.1) is 11.2 Å². The Kier molecular flexibility index (Phi) is 6.24. The second-order valence-corrected chi connectivity index (χ2v) is 10.6. The molecule has 2 aliphatic heterocycles. The molecular weight excluding hydrogens is 427 g/mol. The Morgan fingerprint density at radius 3 is 2.52 bits per heavy atom. The number of halogens is 1. The van der Waals surface area contributed by atoms with Crippen LogP contribution in [-0.4, -0.2) is 48.7 Å². The fourth-order valence-electron chi connectivity index (χ4n) is 5.08. The summed E-state index contributed by atoms with van der Waals surface area (Å²) in [5.41, 5.74) is 0.782. The van der Waals surface area contributed by atoms with E-state index in [1.54, 1.807) is 12.1 Å². The van der Waals surface area contributed by atoms with Crippen molar-refractivity contribution in [2.75, 3.05) is 23.3 Å². The number of hydrogen-bond acceptors (Lipinski definition) is 6. The van der Waals surface area contributed by atoms with E-state index >= 15 is 0 Å². The minimum Gasteiger partial charge on any atom is -0.444 e. The summed E-state index contributed by atoms with van der Waals surface area (Å²) in [4.78, 5) is 37.2. The zero-order valence-corrected chi connectivity index (χ0v) is 19.5. The summed E-state index contributed by atoms with van der Waals surface area (Å²) >= 11 is 0. The first-order valence-electron chi connectivity index (χ1n) is 11.7. The lowest BCUT2D eigenvalue weighted by atomic mass is 9.60. The first-order valence-corrected chi connectivity index (χ1v) is 11.7. The van der Waals surface area contributed by atoms with Crippen LogP contribution in [0.3, 0.4) is 0 Å². The quantitative estimate of drug-likeness (QED) is 0.596. The molecule has 1 unspecified atom stereocenters. The zero-order chi connectivity index (χ0) is 23.8. The first kappa shape index (κ1) is 23.3. The number of nitrogens with zero attached hydrogens (tertiary/aromatic N) is 1. The molecule has 2 heterocycles. The van der Waals surface area contributed by atoms with Gasteiger partial charge in [0.25, 0.3) is 0 Å². The molecule has 1 spiro atoms. The highest BCUT2D eigenvalue weighted by Gasteiger charge is 2.46. The molecule has 0 radical (unpaired) electrons. The SMILES string of the molecule is CC(C)(C)OC(=O)NC1CC2(CCN(c3ccc(NC4CCC(=O)NC4=O)cc3F)CC2)C1. The minimum atomic E-state index is -0.538. The van der Waals surface area contributed by atoms with Crippen LogP contribution in [0.5, 0.6) is 0 Å². The average molecular weight is 461 g/mol.